The van der Waals surface area contributed by atoms with Crippen molar-refractivity contribution in [3.63, 3.8) is 0 Å². The first-order valence-corrected chi connectivity index (χ1v) is 6.47. The van der Waals surface area contributed by atoms with Crippen LogP contribution in [0, 0.1) is 0 Å². The van der Waals surface area contributed by atoms with E-state index in [1.54, 1.807) is 0 Å². The Morgan fingerprint density at radius 3 is 2.81 bits per heavy atom. The first kappa shape index (κ1) is 11.7. The van der Waals surface area contributed by atoms with Crippen LogP contribution in [-0.4, -0.2) is 35.6 Å². The number of hydrogen-bond acceptors (Lipinski definition) is 2. The van der Waals surface area contributed by atoms with Crippen LogP contribution in [-0.2, 0) is 13.1 Å². The lowest BCUT2D eigenvalue weighted by atomic mass is 10.4. The highest BCUT2D eigenvalue weighted by atomic mass is 15.2. The molecule has 0 bridgehead atoms. The van der Waals surface area contributed by atoms with Crippen LogP contribution in [0.1, 0.15) is 25.5 Å². The van der Waals surface area contributed by atoms with Crippen LogP contribution in [0.25, 0.3) is 0 Å². The van der Waals surface area contributed by atoms with E-state index in [4.69, 9.17) is 0 Å². The molecular formula is C13H23N3. The van der Waals surface area contributed by atoms with E-state index < -0.39 is 0 Å². The fourth-order valence-electron chi connectivity index (χ4n) is 2.34. The number of nitrogens with one attached hydrogen (secondary N) is 1. The Labute approximate surface area is 98.4 Å². The second-order valence-corrected chi connectivity index (χ2v) is 4.52. The molecule has 0 radical (unpaired) electrons. The van der Waals surface area contributed by atoms with Crippen LogP contribution in [0.3, 0.4) is 0 Å². The summed E-state index contributed by atoms with van der Waals surface area (Å²) in [6.45, 7) is 9.10. The van der Waals surface area contributed by atoms with Gasteiger partial charge in [-0.15, -0.1) is 0 Å². The average Bonchev–Trinajstić information content (AvgIpc) is 2.94. The lowest BCUT2D eigenvalue weighted by Gasteiger charge is -2.16. The van der Waals surface area contributed by atoms with Gasteiger partial charge >= 0.3 is 0 Å². The van der Waals surface area contributed by atoms with E-state index in [9.17, 15) is 0 Å². The van der Waals surface area contributed by atoms with E-state index in [0.717, 1.165) is 19.6 Å². The van der Waals surface area contributed by atoms with Gasteiger partial charge in [0.25, 0.3) is 0 Å². The topological polar surface area (TPSA) is 20.2 Å². The first-order chi connectivity index (χ1) is 7.90. The highest BCUT2D eigenvalue weighted by molar-refractivity contribution is 5.06. The molecule has 0 spiro atoms. The van der Waals surface area contributed by atoms with Gasteiger partial charge in [0.1, 0.15) is 0 Å². The minimum Gasteiger partial charge on any atom is -0.349 e. The monoisotopic (exact) mass is 221 g/mol. The van der Waals surface area contributed by atoms with Crippen molar-refractivity contribution in [2.75, 3.05) is 26.2 Å². The van der Waals surface area contributed by atoms with Crippen molar-refractivity contribution in [1.29, 1.82) is 0 Å². The van der Waals surface area contributed by atoms with Gasteiger partial charge in [-0.05, 0) is 44.6 Å². The third-order valence-electron chi connectivity index (χ3n) is 3.34. The molecular weight excluding hydrogens is 198 g/mol. The molecule has 1 saturated heterocycles. The molecule has 0 atom stereocenters. The molecule has 1 fully saturated rings. The standard InChI is InChI=1S/C13H23N3/c1-2-14-12-13-6-5-9-16(13)11-10-15-7-3-4-8-15/h5-6,9,14H,2-4,7-8,10-12H2,1H3. The zero-order chi connectivity index (χ0) is 11.2. The number of nitrogens with zero attached hydrogens (tertiary/aromatic N) is 2. The van der Waals surface area contributed by atoms with Crippen LogP contribution in [0.4, 0.5) is 0 Å². The highest BCUT2D eigenvalue weighted by Crippen LogP contribution is 2.08. The Bertz CT molecular complexity index is 300. The van der Waals surface area contributed by atoms with Gasteiger partial charge in [0.2, 0.25) is 0 Å². The minimum absolute atomic E-state index is 0.990. The summed E-state index contributed by atoms with van der Waals surface area (Å²) < 4.78 is 2.38. The number of likely N-dealkylation sites (tertiary alicyclic amines) is 1. The first-order valence-electron chi connectivity index (χ1n) is 6.47. The van der Waals surface area contributed by atoms with Crippen LogP contribution in [0.15, 0.2) is 18.3 Å². The lowest BCUT2D eigenvalue weighted by molar-refractivity contribution is 0.320. The van der Waals surface area contributed by atoms with E-state index in [0.29, 0.717) is 0 Å². The summed E-state index contributed by atoms with van der Waals surface area (Å²) in [5, 5.41) is 3.38. The molecule has 0 aromatic carbocycles. The predicted molar refractivity (Wildman–Crippen MR) is 67.5 cm³/mol. The third-order valence-corrected chi connectivity index (χ3v) is 3.34. The molecule has 0 unspecified atom stereocenters. The second kappa shape index (κ2) is 6.06. The van der Waals surface area contributed by atoms with Crippen molar-refractivity contribution in [2.45, 2.75) is 32.9 Å². The van der Waals surface area contributed by atoms with E-state index in [1.807, 2.05) is 0 Å². The van der Waals surface area contributed by atoms with Crippen LogP contribution in [0.5, 0.6) is 0 Å². The normalized spacial score (nSPS) is 17.1. The second-order valence-electron chi connectivity index (χ2n) is 4.52. The van der Waals surface area contributed by atoms with Gasteiger partial charge in [0.05, 0.1) is 0 Å². The van der Waals surface area contributed by atoms with Crippen molar-refractivity contribution in [2.24, 2.45) is 0 Å². The van der Waals surface area contributed by atoms with E-state index in [1.165, 1.54) is 38.2 Å². The molecule has 0 aliphatic carbocycles. The zero-order valence-electron chi connectivity index (χ0n) is 10.3. The molecule has 1 aliphatic rings. The van der Waals surface area contributed by atoms with Crippen molar-refractivity contribution in [3.05, 3.63) is 24.0 Å². The molecule has 1 N–H and O–H groups in total. The Balaban J connectivity index is 1.80. The van der Waals surface area contributed by atoms with Gasteiger partial charge in [-0.2, -0.15) is 0 Å². The van der Waals surface area contributed by atoms with Crippen LogP contribution in [0.2, 0.25) is 0 Å². The molecule has 3 nitrogen and oxygen atoms in total. The maximum absolute atomic E-state index is 3.38. The van der Waals surface area contributed by atoms with Crippen molar-refractivity contribution in [1.82, 2.24) is 14.8 Å². The molecule has 3 heteroatoms. The molecule has 2 rings (SSSR count). The van der Waals surface area contributed by atoms with Gasteiger partial charge in [-0.1, -0.05) is 6.92 Å². The lowest BCUT2D eigenvalue weighted by Crippen LogP contribution is -2.25. The van der Waals surface area contributed by atoms with Gasteiger partial charge in [0.15, 0.2) is 0 Å². The molecule has 16 heavy (non-hydrogen) atoms. The summed E-state index contributed by atoms with van der Waals surface area (Å²) in [5.41, 5.74) is 1.40. The maximum Gasteiger partial charge on any atom is 0.0359 e. The molecule has 2 heterocycles. The Morgan fingerprint density at radius 1 is 1.25 bits per heavy atom. The van der Waals surface area contributed by atoms with E-state index >= 15 is 0 Å². The summed E-state index contributed by atoms with van der Waals surface area (Å²) in [6.07, 6.45) is 4.97. The molecule has 90 valence electrons. The quantitative estimate of drug-likeness (QED) is 0.789. The van der Waals surface area contributed by atoms with Gasteiger partial charge in [-0.25, -0.2) is 0 Å². The summed E-state index contributed by atoms with van der Waals surface area (Å²) in [4.78, 5) is 2.57. The molecule has 1 aromatic heterocycles. The summed E-state index contributed by atoms with van der Waals surface area (Å²) in [6, 6.07) is 4.36. The zero-order valence-corrected chi connectivity index (χ0v) is 10.3. The Kier molecular flexibility index (Phi) is 4.43. The van der Waals surface area contributed by atoms with E-state index in [-0.39, 0.29) is 0 Å². The molecule has 0 saturated carbocycles. The Hall–Kier alpha value is -0.800. The van der Waals surface area contributed by atoms with Crippen molar-refractivity contribution >= 4 is 0 Å². The largest absolute Gasteiger partial charge is 0.349 e. The number of rotatable bonds is 6. The number of hydrogen-bond donors (Lipinski definition) is 1. The summed E-state index contributed by atoms with van der Waals surface area (Å²) in [5.74, 6) is 0. The fraction of sp³-hybridized carbons (Fsp3) is 0.692. The minimum atomic E-state index is 0.990. The average molecular weight is 221 g/mol. The fourth-order valence-corrected chi connectivity index (χ4v) is 2.34. The van der Waals surface area contributed by atoms with Gasteiger partial charge in [-0.3, -0.25) is 0 Å². The third kappa shape index (κ3) is 3.09. The van der Waals surface area contributed by atoms with E-state index in [2.05, 4.69) is 40.0 Å². The molecule has 1 aliphatic heterocycles. The molecule has 0 amide bonds. The molecule has 1 aromatic rings. The maximum atomic E-state index is 3.38. The van der Waals surface area contributed by atoms with Gasteiger partial charge in [0, 0.05) is 31.5 Å². The van der Waals surface area contributed by atoms with Crippen molar-refractivity contribution < 1.29 is 0 Å². The smallest absolute Gasteiger partial charge is 0.0359 e. The Morgan fingerprint density at radius 2 is 2.06 bits per heavy atom. The van der Waals surface area contributed by atoms with Gasteiger partial charge < -0.3 is 14.8 Å². The summed E-state index contributed by atoms with van der Waals surface area (Å²) in [7, 11) is 0. The highest BCUT2D eigenvalue weighted by Gasteiger charge is 2.11. The predicted octanol–water partition coefficient (Wildman–Crippen LogP) is 1.69. The van der Waals surface area contributed by atoms with Crippen molar-refractivity contribution in [3.8, 4) is 0 Å². The van der Waals surface area contributed by atoms with Crippen LogP contribution >= 0.6 is 0 Å². The van der Waals surface area contributed by atoms with Crippen LogP contribution < -0.4 is 5.32 Å². The SMILES string of the molecule is CCNCc1cccn1CCN1CCCC1. The summed E-state index contributed by atoms with van der Waals surface area (Å²) >= 11 is 0. The number of aromatic nitrogens is 1.